The first-order chi connectivity index (χ1) is 8.83. The van der Waals surface area contributed by atoms with Gasteiger partial charge in [-0.3, -0.25) is 4.68 Å². The zero-order chi connectivity index (χ0) is 12.4. The van der Waals surface area contributed by atoms with Crippen molar-refractivity contribution in [3.63, 3.8) is 0 Å². The molecule has 1 fully saturated rings. The summed E-state index contributed by atoms with van der Waals surface area (Å²) >= 11 is 0. The summed E-state index contributed by atoms with van der Waals surface area (Å²) in [6.45, 7) is 3.89. The molecule has 0 amide bonds. The number of imidazole rings is 1. The molecule has 3 rings (SSSR count). The molecule has 2 heterocycles. The Kier molecular flexibility index (Phi) is 2.80. The van der Waals surface area contributed by atoms with E-state index in [4.69, 9.17) is 0 Å². The Morgan fingerprint density at radius 3 is 2.33 bits per heavy atom. The lowest BCUT2D eigenvalue weighted by atomic mass is 10.2. The van der Waals surface area contributed by atoms with Crippen LogP contribution in [0.15, 0.2) is 43.0 Å². The van der Waals surface area contributed by atoms with Gasteiger partial charge in [-0.05, 0) is 24.3 Å². The standard InChI is InChI=1S/C13H16N4O/c18-13-3-1-12(2-4-13)15-7-9-16(10-8-15)17-6-5-14-11-17/h1-6,11,18H,7-10H2. The number of rotatable bonds is 2. The van der Waals surface area contributed by atoms with Crippen molar-refractivity contribution in [1.29, 1.82) is 0 Å². The van der Waals surface area contributed by atoms with Gasteiger partial charge < -0.3 is 15.0 Å². The smallest absolute Gasteiger partial charge is 0.115 e. The van der Waals surface area contributed by atoms with Crippen LogP contribution in [0, 0.1) is 0 Å². The second-order valence-corrected chi connectivity index (χ2v) is 4.40. The number of piperazine rings is 1. The molecule has 1 aliphatic rings. The van der Waals surface area contributed by atoms with Crippen molar-refractivity contribution in [2.75, 3.05) is 36.1 Å². The van der Waals surface area contributed by atoms with Crippen LogP contribution in [-0.4, -0.2) is 40.9 Å². The Bertz CT molecular complexity index is 486. The molecule has 2 aromatic rings. The Hall–Kier alpha value is -2.17. The number of aromatic nitrogens is 2. The van der Waals surface area contributed by atoms with Crippen LogP contribution in [0.1, 0.15) is 0 Å². The largest absolute Gasteiger partial charge is 0.508 e. The number of phenolic OH excluding ortho intramolecular Hbond substituents is 1. The van der Waals surface area contributed by atoms with Crippen molar-refractivity contribution in [3.05, 3.63) is 43.0 Å². The SMILES string of the molecule is Oc1ccc(N2CCN(n3ccnc3)CC2)cc1. The van der Waals surface area contributed by atoms with Crippen molar-refractivity contribution in [2.24, 2.45) is 0 Å². The van der Waals surface area contributed by atoms with E-state index >= 15 is 0 Å². The summed E-state index contributed by atoms with van der Waals surface area (Å²) in [5.74, 6) is 0.316. The molecular formula is C13H16N4O. The van der Waals surface area contributed by atoms with Crippen LogP contribution in [0.4, 0.5) is 5.69 Å². The van der Waals surface area contributed by atoms with E-state index in [9.17, 15) is 5.11 Å². The molecule has 1 aromatic carbocycles. The predicted molar refractivity (Wildman–Crippen MR) is 70.5 cm³/mol. The van der Waals surface area contributed by atoms with Crippen molar-refractivity contribution in [2.45, 2.75) is 0 Å². The Morgan fingerprint density at radius 1 is 1.00 bits per heavy atom. The van der Waals surface area contributed by atoms with Crippen molar-refractivity contribution >= 4 is 5.69 Å². The Morgan fingerprint density at radius 2 is 1.72 bits per heavy atom. The lowest BCUT2D eigenvalue weighted by Gasteiger charge is -2.37. The fourth-order valence-corrected chi connectivity index (χ4v) is 2.27. The highest BCUT2D eigenvalue weighted by Gasteiger charge is 2.16. The van der Waals surface area contributed by atoms with E-state index in [0.29, 0.717) is 5.75 Å². The van der Waals surface area contributed by atoms with E-state index in [2.05, 4.69) is 14.9 Å². The van der Waals surface area contributed by atoms with Gasteiger partial charge in [0.15, 0.2) is 0 Å². The Labute approximate surface area is 106 Å². The first kappa shape index (κ1) is 11.0. The highest BCUT2D eigenvalue weighted by molar-refractivity contribution is 5.49. The molecule has 1 saturated heterocycles. The van der Waals surface area contributed by atoms with E-state index in [1.54, 1.807) is 18.3 Å². The molecule has 0 bridgehead atoms. The van der Waals surface area contributed by atoms with Gasteiger partial charge in [-0.1, -0.05) is 0 Å². The third kappa shape index (κ3) is 2.11. The highest BCUT2D eigenvalue weighted by Crippen LogP contribution is 2.19. The van der Waals surface area contributed by atoms with E-state index in [0.717, 1.165) is 31.9 Å². The van der Waals surface area contributed by atoms with Crippen LogP contribution >= 0.6 is 0 Å². The van der Waals surface area contributed by atoms with E-state index in [1.165, 1.54) is 0 Å². The van der Waals surface area contributed by atoms with Crippen LogP contribution in [0.25, 0.3) is 0 Å². The lowest BCUT2D eigenvalue weighted by molar-refractivity contribution is 0.475. The quantitative estimate of drug-likeness (QED) is 0.857. The van der Waals surface area contributed by atoms with Gasteiger partial charge in [-0.25, -0.2) is 4.98 Å². The summed E-state index contributed by atoms with van der Waals surface area (Å²) in [7, 11) is 0. The molecule has 1 aliphatic heterocycles. The van der Waals surface area contributed by atoms with Gasteiger partial charge >= 0.3 is 0 Å². The van der Waals surface area contributed by atoms with Crippen LogP contribution in [0.2, 0.25) is 0 Å². The van der Waals surface area contributed by atoms with E-state index in [-0.39, 0.29) is 0 Å². The van der Waals surface area contributed by atoms with Gasteiger partial charge in [0.25, 0.3) is 0 Å². The fourth-order valence-electron chi connectivity index (χ4n) is 2.27. The molecule has 94 valence electrons. The average Bonchev–Trinajstić information content (AvgIpc) is 2.94. The number of aromatic hydroxyl groups is 1. The summed E-state index contributed by atoms with van der Waals surface area (Å²) in [4.78, 5) is 6.39. The molecular weight excluding hydrogens is 228 g/mol. The zero-order valence-electron chi connectivity index (χ0n) is 10.1. The van der Waals surface area contributed by atoms with Gasteiger partial charge in [0, 0.05) is 31.2 Å². The maximum atomic E-state index is 9.29. The fraction of sp³-hybridized carbons (Fsp3) is 0.308. The molecule has 0 atom stereocenters. The minimum atomic E-state index is 0.316. The second-order valence-electron chi connectivity index (χ2n) is 4.40. The summed E-state index contributed by atoms with van der Waals surface area (Å²) < 4.78 is 2.04. The van der Waals surface area contributed by atoms with E-state index in [1.807, 2.05) is 29.3 Å². The predicted octanol–water partition coefficient (Wildman–Crippen LogP) is 1.05. The third-order valence-electron chi connectivity index (χ3n) is 3.29. The van der Waals surface area contributed by atoms with Gasteiger partial charge in [0.2, 0.25) is 0 Å². The number of benzene rings is 1. The molecule has 18 heavy (non-hydrogen) atoms. The van der Waals surface area contributed by atoms with Gasteiger partial charge in [-0.15, -0.1) is 0 Å². The highest BCUT2D eigenvalue weighted by atomic mass is 16.3. The summed E-state index contributed by atoms with van der Waals surface area (Å²) in [5, 5.41) is 11.6. The maximum Gasteiger partial charge on any atom is 0.115 e. The minimum absolute atomic E-state index is 0.316. The molecule has 5 nitrogen and oxygen atoms in total. The van der Waals surface area contributed by atoms with Crippen LogP contribution in [0.3, 0.4) is 0 Å². The normalized spacial score (nSPS) is 16.0. The van der Waals surface area contributed by atoms with E-state index < -0.39 is 0 Å². The Balaban J connectivity index is 1.65. The van der Waals surface area contributed by atoms with Crippen LogP contribution < -0.4 is 9.91 Å². The first-order valence-electron chi connectivity index (χ1n) is 6.10. The molecule has 0 aliphatic carbocycles. The third-order valence-corrected chi connectivity index (χ3v) is 3.29. The topological polar surface area (TPSA) is 44.5 Å². The minimum Gasteiger partial charge on any atom is -0.508 e. The van der Waals surface area contributed by atoms with Gasteiger partial charge in [0.05, 0.1) is 13.1 Å². The summed E-state index contributed by atoms with van der Waals surface area (Å²) in [5.41, 5.74) is 1.16. The lowest BCUT2D eigenvalue weighted by Crippen LogP contribution is -2.50. The molecule has 0 spiro atoms. The molecule has 5 heteroatoms. The van der Waals surface area contributed by atoms with Crippen molar-refractivity contribution in [3.8, 4) is 5.75 Å². The average molecular weight is 244 g/mol. The maximum absolute atomic E-state index is 9.29. The van der Waals surface area contributed by atoms with Crippen LogP contribution in [0.5, 0.6) is 5.75 Å². The summed E-state index contributed by atoms with van der Waals surface area (Å²) in [6, 6.07) is 7.39. The van der Waals surface area contributed by atoms with Crippen molar-refractivity contribution in [1.82, 2.24) is 9.66 Å². The monoisotopic (exact) mass is 244 g/mol. The molecule has 1 N–H and O–H groups in total. The van der Waals surface area contributed by atoms with Gasteiger partial charge in [0.1, 0.15) is 12.1 Å². The van der Waals surface area contributed by atoms with Crippen LogP contribution in [-0.2, 0) is 0 Å². The number of hydrogen-bond donors (Lipinski definition) is 1. The summed E-state index contributed by atoms with van der Waals surface area (Å²) in [6.07, 6.45) is 5.60. The molecule has 0 unspecified atom stereocenters. The molecule has 0 radical (unpaired) electrons. The van der Waals surface area contributed by atoms with Crippen molar-refractivity contribution < 1.29 is 5.11 Å². The number of hydrogen-bond acceptors (Lipinski definition) is 4. The first-order valence-corrected chi connectivity index (χ1v) is 6.10. The number of phenols is 1. The van der Waals surface area contributed by atoms with Gasteiger partial charge in [-0.2, -0.15) is 0 Å². The number of anilines is 1. The molecule has 0 saturated carbocycles. The zero-order valence-corrected chi connectivity index (χ0v) is 10.1. The second kappa shape index (κ2) is 4.60. The number of nitrogens with zero attached hydrogens (tertiary/aromatic N) is 4. The molecule has 1 aromatic heterocycles.